The van der Waals surface area contributed by atoms with Gasteiger partial charge >= 0.3 is 0 Å². The zero-order valence-electron chi connectivity index (χ0n) is 12.9. The van der Waals surface area contributed by atoms with Gasteiger partial charge in [0.2, 0.25) is 16.0 Å². The summed E-state index contributed by atoms with van der Waals surface area (Å²) in [5, 5.41) is 0. The van der Waals surface area contributed by atoms with E-state index in [1.807, 2.05) is 4.90 Å². The van der Waals surface area contributed by atoms with Crippen LogP contribution >= 0.6 is 22.6 Å². The summed E-state index contributed by atoms with van der Waals surface area (Å²) in [6.07, 6.45) is 1.65. The summed E-state index contributed by atoms with van der Waals surface area (Å²) in [7, 11) is -3.56. The number of sulfonamides is 1. The van der Waals surface area contributed by atoms with Crippen molar-refractivity contribution in [3.63, 3.8) is 0 Å². The number of rotatable bonds is 5. The van der Waals surface area contributed by atoms with E-state index >= 15 is 0 Å². The van der Waals surface area contributed by atoms with E-state index < -0.39 is 10.0 Å². The smallest absolute Gasteiger partial charge is 0.240 e. The Balaban J connectivity index is 1.68. The van der Waals surface area contributed by atoms with Crippen molar-refractivity contribution in [1.82, 2.24) is 14.7 Å². The Morgan fingerprint density at radius 3 is 2.58 bits per heavy atom. The van der Waals surface area contributed by atoms with E-state index in [2.05, 4.69) is 37.3 Å². The first-order chi connectivity index (χ1) is 11.5. The first-order valence-corrected chi connectivity index (χ1v) is 10.0. The molecular weight excluding hydrogens is 443 g/mol. The molecule has 1 aliphatic rings. The molecule has 3 rings (SSSR count). The van der Waals surface area contributed by atoms with Gasteiger partial charge in [0.05, 0.1) is 30.3 Å². The van der Waals surface area contributed by atoms with E-state index in [0.717, 1.165) is 16.7 Å². The molecule has 1 aromatic carbocycles. The van der Waals surface area contributed by atoms with Gasteiger partial charge in [-0.05, 0) is 52.9 Å². The number of benzene rings is 1. The average Bonchev–Trinajstić information content (AvgIpc) is 2.61. The van der Waals surface area contributed by atoms with Gasteiger partial charge in [-0.15, -0.1) is 0 Å². The summed E-state index contributed by atoms with van der Waals surface area (Å²) in [5.41, 5.74) is 0.626. The zero-order chi connectivity index (χ0) is 17.0. The molecule has 24 heavy (non-hydrogen) atoms. The summed E-state index contributed by atoms with van der Waals surface area (Å²) in [6, 6.07) is 8.40. The first-order valence-electron chi connectivity index (χ1n) is 7.44. The Bertz CT molecular complexity index is 793. The Morgan fingerprint density at radius 1 is 1.17 bits per heavy atom. The number of hydrogen-bond donors (Lipinski definition) is 1. The second-order valence-corrected chi connectivity index (χ2v) is 8.24. The molecule has 1 N–H and O–H groups in total. The third kappa shape index (κ3) is 4.41. The molecule has 0 bridgehead atoms. The third-order valence-electron chi connectivity index (χ3n) is 3.56. The molecule has 9 heteroatoms. The predicted molar refractivity (Wildman–Crippen MR) is 98.2 cm³/mol. The third-order valence-corrected chi connectivity index (χ3v) is 5.70. The van der Waals surface area contributed by atoms with E-state index in [1.54, 1.807) is 36.5 Å². The van der Waals surface area contributed by atoms with Gasteiger partial charge in [0.1, 0.15) is 0 Å². The number of hydrogen-bond acceptors (Lipinski definition) is 6. The van der Waals surface area contributed by atoms with Crippen molar-refractivity contribution in [2.24, 2.45) is 0 Å². The van der Waals surface area contributed by atoms with Crippen LogP contribution in [0, 0.1) is 3.57 Å². The van der Waals surface area contributed by atoms with Gasteiger partial charge in [0, 0.05) is 22.9 Å². The van der Waals surface area contributed by atoms with Gasteiger partial charge in [-0.25, -0.2) is 23.1 Å². The molecule has 7 nitrogen and oxygen atoms in total. The highest BCUT2D eigenvalue weighted by molar-refractivity contribution is 14.1. The molecule has 2 aromatic rings. The molecule has 0 aliphatic carbocycles. The van der Waals surface area contributed by atoms with Crippen LogP contribution in [-0.4, -0.2) is 44.7 Å². The molecular formula is C15H17IN4O3S. The molecule has 0 amide bonds. The van der Waals surface area contributed by atoms with Crippen LogP contribution in [-0.2, 0) is 21.3 Å². The van der Waals surface area contributed by atoms with E-state index in [1.165, 1.54) is 0 Å². The normalized spacial score (nSPS) is 15.5. The Hall–Kier alpha value is -1.30. The quantitative estimate of drug-likeness (QED) is 0.680. The van der Waals surface area contributed by atoms with E-state index in [9.17, 15) is 8.42 Å². The maximum atomic E-state index is 12.3. The molecule has 0 radical (unpaired) electrons. The summed E-state index contributed by atoms with van der Waals surface area (Å²) >= 11 is 2.13. The second kappa shape index (κ2) is 7.72. The van der Waals surface area contributed by atoms with Gasteiger partial charge < -0.3 is 9.64 Å². The Morgan fingerprint density at radius 2 is 1.88 bits per heavy atom. The summed E-state index contributed by atoms with van der Waals surface area (Å²) < 4.78 is 33.5. The predicted octanol–water partition coefficient (Wildman–Crippen LogP) is 1.40. The molecule has 0 atom stereocenters. The van der Waals surface area contributed by atoms with E-state index in [-0.39, 0.29) is 11.4 Å². The highest BCUT2D eigenvalue weighted by atomic mass is 127. The molecule has 2 heterocycles. The summed E-state index contributed by atoms with van der Waals surface area (Å²) in [4.78, 5) is 11.0. The largest absolute Gasteiger partial charge is 0.378 e. The standard InChI is InChI=1S/C15H17IN4O3S/c16-12-1-3-14(4-2-12)24(21,22)18-11-13-5-6-17-15(19-13)20-7-9-23-10-8-20/h1-6,18H,7-11H2. The van der Waals surface area contributed by atoms with Gasteiger partial charge in [-0.1, -0.05) is 0 Å². The Labute approximate surface area is 154 Å². The minimum atomic E-state index is -3.56. The van der Waals surface area contributed by atoms with Crippen molar-refractivity contribution < 1.29 is 13.2 Å². The zero-order valence-corrected chi connectivity index (χ0v) is 15.8. The maximum absolute atomic E-state index is 12.3. The lowest BCUT2D eigenvalue weighted by Gasteiger charge is -2.26. The van der Waals surface area contributed by atoms with Crippen LogP contribution in [0.3, 0.4) is 0 Å². The monoisotopic (exact) mass is 460 g/mol. The van der Waals surface area contributed by atoms with E-state index in [0.29, 0.717) is 24.9 Å². The van der Waals surface area contributed by atoms with Crippen molar-refractivity contribution in [1.29, 1.82) is 0 Å². The topological polar surface area (TPSA) is 84.4 Å². The van der Waals surface area contributed by atoms with Crippen LogP contribution in [0.1, 0.15) is 5.69 Å². The lowest BCUT2D eigenvalue weighted by molar-refractivity contribution is 0.122. The second-order valence-electron chi connectivity index (χ2n) is 5.23. The lowest BCUT2D eigenvalue weighted by atomic mass is 10.4. The van der Waals surface area contributed by atoms with Gasteiger partial charge in [0.15, 0.2) is 0 Å². The number of nitrogens with zero attached hydrogens (tertiary/aromatic N) is 3. The van der Waals surface area contributed by atoms with Crippen LogP contribution in [0.25, 0.3) is 0 Å². The lowest BCUT2D eigenvalue weighted by Crippen LogP contribution is -2.37. The van der Waals surface area contributed by atoms with Gasteiger partial charge in [-0.3, -0.25) is 0 Å². The molecule has 128 valence electrons. The fourth-order valence-electron chi connectivity index (χ4n) is 2.26. The van der Waals surface area contributed by atoms with Crippen LogP contribution in [0.2, 0.25) is 0 Å². The molecule has 1 aliphatic heterocycles. The number of morpholine rings is 1. The van der Waals surface area contributed by atoms with Crippen LogP contribution < -0.4 is 9.62 Å². The molecule has 0 spiro atoms. The number of anilines is 1. The maximum Gasteiger partial charge on any atom is 0.240 e. The molecule has 0 unspecified atom stereocenters. The van der Waals surface area contributed by atoms with Gasteiger partial charge in [-0.2, -0.15) is 0 Å². The fraction of sp³-hybridized carbons (Fsp3) is 0.333. The fourth-order valence-corrected chi connectivity index (χ4v) is 3.62. The average molecular weight is 460 g/mol. The van der Waals surface area contributed by atoms with Crippen molar-refractivity contribution in [2.75, 3.05) is 31.2 Å². The Kier molecular flexibility index (Phi) is 5.64. The molecule has 1 saturated heterocycles. The van der Waals surface area contributed by atoms with E-state index in [4.69, 9.17) is 4.74 Å². The summed E-state index contributed by atoms with van der Waals surface area (Å²) in [6.45, 7) is 2.88. The molecule has 1 aromatic heterocycles. The molecule has 0 saturated carbocycles. The number of aromatic nitrogens is 2. The minimum Gasteiger partial charge on any atom is -0.378 e. The van der Waals surface area contributed by atoms with Crippen LogP contribution in [0.15, 0.2) is 41.4 Å². The van der Waals surface area contributed by atoms with Crippen molar-refractivity contribution in [3.05, 3.63) is 45.8 Å². The van der Waals surface area contributed by atoms with Crippen LogP contribution in [0.4, 0.5) is 5.95 Å². The number of ether oxygens (including phenoxy) is 1. The highest BCUT2D eigenvalue weighted by Gasteiger charge is 2.16. The van der Waals surface area contributed by atoms with Gasteiger partial charge in [0.25, 0.3) is 0 Å². The van der Waals surface area contributed by atoms with Crippen molar-refractivity contribution >= 4 is 38.6 Å². The number of halogens is 1. The molecule has 1 fully saturated rings. The first kappa shape index (κ1) is 17.5. The SMILES string of the molecule is O=S(=O)(NCc1ccnc(N2CCOCC2)n1)c1ccc(I)cc1. The number of nitrogens with one attached hydrogen (secondary N) is 1. The van der Waals surface area contributed by atoms with Crippen LogP contribution in [0.5, 0.6) is 0 Å². The summed E-state index contributed by atoms with van der Waals surface area (Å²) in [5.74, 6) is 0.601. The highest BCUT2D eigenvalue weighted by Crippen LogP contribution is 2.13. The minimum absolute atomic E-state index is 0.119. The van der Waals surface area contributed by atoms with Crippen molar-refractivity contribution in [3.8, 4) is 0 Å². The van der Waals surface area contributed by atoms with Crippen molar-refractivity contribution in [2.45, 2.75) is 11.4 Å².